The Hall–Kier alpha value is -1.66. The van der Waals surface area contributed by atoms with Gasteiger partial charge in [-0.05, 0) is 13.0 Å². The van der Waals surface area contributed by atoms with E-state index in [4.69, 9.17) is 15.2 Å². The molecule has 1 rings (SSSR count). The van der Waals surface area contributed by atoms with Gasteiger partial charge < -0.3 is 15.2 Å². The normalized spacial score (nSPS) is 9.00. The number of para-hydroxylation sites is 1. The van der Waals surface area contributed by atoms with Crippen LogP contribution in [0.4, 0.5) is 0 Å². The first-order valence-corrected chi connectivity index (χ1v) is 4.71. The van der Waals surface area contributed by atoms with Crippen LogP contribution in [0.25, 0.3) is 0 Å². The minimum atomic E-state index is 0.351. The highest BCUT2D eigenvalue weighted by molar-refractivity contribution is 5.46. The summed E-state index contributed by atoms with van der Waals surface area (Å²) >= 11 is 0. The summed E-state index contributed by atoms with van der Waals surface area (Å²) in [6.07, 6.45) is 0. The van der Waals surface area contributed by atoms with Crippen molar-refractivity contribution < 1.29 is 9.47 Å². The lowest BCUT2D eigenvalue weighted by atomic mass is 10.2. The van der Waals surface area contributed by atoms with Crippen LogP contribution in [-0.2, 0) is 6.54 Å². The first kappa shape index (κ1) is 11.4. The number of benzene rings is 1. The van der Waals surface area contributed by atoms with E-state index in [0.29, 0.717) is 24.7 Å². The molecule has 0 aliphatic carbocycles. The molecule has 0 atom stereocenters. The molecule has 0 fully saturated rings. The summed E-state index contributed by atoms with van der Waals surface area (Å²) in [6.45, 7) is 2.55. The lowest BCUT2D eigenvalue weighted by Crippen LogP contribution is -2.04. The number of hydrogen-bond donors (Lipinski definition) is 1. The highest BCUT2D eigenvalue weighted by Gasteiger charge is 2.08. The van der Waals surface area contributed by atoms with Gasteiger partial charge in [0.1, 0.15) is 6.61 Å². The van der Waals surface area contributed by atoms with E-state index < -0.39 is 0 Å². The van der Waals surface area contributed by atoms with Gasteiger partial charge in [0, 0.05) is 12.1 Å². The molecule has 0 bridgehead atoms. The zero-order valence-corrected chi connectivity index (χ0v) is 9.04. The quantitative estimate of drug-likeness (QED) is 0.758. The molecule has 3 nitrogen and oxygen atoms in total. The Morgan fingerprint density at radius 1 is 1.40 bits per heavy atom. The first-order chi connectivity index (χ1) is 7.33. The molecule has 3 heteroatoms. The van der Waals surface area contributed by atoms with Gasteiger partial charge in [0.2, 0.25) is 0 Å². The Labute approximate surface area is 90.2 Å². The van der Waals surface area contributed by atoms with Crippen LogP contribution < -0.4 is 15.2 Å². The largest absolute Gasteiger partial charge is 0.493 e. The SMILES string of the molecule is CC#CCOc1c(CN)cccc1OC. The van der Waals surface area contributed by atoms with E-state index >= 15 is 0 Å². The molecule has 0 aliphatic heterocycles. The van der Waals surface area contributed by atoms with Crippen LogP contribution in [0.3, 0.4) is 0 Å². The van der Waals surface area contributed by atoms with Gasteiger partial charge in [0.15, 0.2) is 11.5 Å². The summed E-state index contributed by atoms with van der Waals surface area (Å²) in [5, 5.41) is 0. The molecule has 0 saturated heterocycles. The van der Waals surface area contributed by atoms with Gasteiger partial charge >= 0.3 is 0 Å². The van der Waals surface area contributed by atoms with E-state index in [1.807, 2.05) is 18.2 Å². The molecule has 0 aromatic heterocycles. The summed E-state index contributed by atoms with van der Waals surface area (Å²) in [5.74, 6) is 6.97. The van der Waals surface area contributed by atoms with E-state index in [0.717, 1.165) is 5.56 Å². The number of nitrogens with two attached hydrogens (primary N) is 1. The van der Waals surface area contributed by atoms with Gasteiger partial charge in [0.05, 0.1) is 7.11 Å². The van der Waals surface area contributed by atoms with Crippen molar-refractivity contribution in [2.45, 2.75) is 13.5 Å². The number of methoxy groups -OCH3 is 1. The predicted octanol–water partition coefficient (Wildman–Crippen LogP) is 1.56. The second kappa shape index (κ2) is 5.94. The lowest BCUT2D eigenvalue weighted by molar-refractivity contribution is 0.327. The lowest BCUT2D eigenvalue weighted by Gasteiger charge is -2.12. The molecular weight excluding hydrogens is 190 g/mol. The monoisotopic (exact) mass is 205 g/mol. The summed E-state index contributed by atoms with van der Waals surface area (Å²) < 4.78 is 10.7. The number of ether oxygens (including phenoxy) is 2. The smallest absolute Gasteiger partial charge is 0.167 e. The third-order valence-electron chi connectivity index (χ3n) is 1.97. The van der Waals surface area contributed by atoms with Crippen molar-refractivity contribution in [1.82, 2.24) is 0 Å². The summed E-state index contributed by atoms with van der Waals surface area (Å²) in [7, 11) is 1.61. The number of hydrogen-bond acceptors (Lipinski definition) is 3. The van der Waals surface area contributed by atoms with Crippen molar-refractivity contribution in [1.29, 1.82) is 0 Å². The van der Waals surface area contributed by atoms with Crippen LogP contribution in [0.5, 0.6) is 11.5 Å². The van der Waals surface area contributed by atoms with Crippen LogP contribution in [0.1, 0.15) is 12.5 Å². The van der Waals surface area contributed by atoms with E-state index in [9.17, 15) is 0 Å². The molecule has 2 N–H and O–H groups in total. The minimum absolute atomic E-state index is 0.351. The molecule has 1 aromatic rings. The molecule has 0 saturated carbocycles. The summed E-state index contributed by atoms with van der Waals surface area (Å²) in [4.78, 5) is 0. The third-order valence-corrected chi connectivity index (χ3v) is 1.97. The minimum Gasteiger partial charge on any atom is -0.493 e. The highest BCUT2D eigenvalue weighted by atomic mass is 16.5. The molecule has 0 amide bonds. The second-order valence-electron chi connectivity index (χ2n) is 2.87. The topological polar surface area (TPSA) is 44.5 Å². The van der Waals surface area contributed by atoms with E-state index in [1.54, 1.807) is 14.0 Å². The Bertz CT molecular complexity index is 355. The van der Waals surface area contributed by atoms with Crippen LogP contribution in [-0.4, -0.2) is 13.7 Å². The van der Waals surface area contributed by atoms with Gasteiger partial charge in [-0.15, -0.1) is 5.92 Å². The van der Waals surface area contributed by atoms with Crippen molar-refractivity contribution in [3.8, 4) is 23.3 Å². The maximum Gasteiger partial charge on any atom is 0.167 e. The Kier molecular flexibility index (Phi) is 4.52. The zero-order valence-electron chi connectivity index (χ0n) is 9.04. The predicted molar refractivity (Wildman–Crippen MR) is 59.8 cm³/mol. The molecule has 0 heterocycles. The fourth-order valence-electron chi connectivity index (χ4n) is 1.23. The molecule has 0 radical (unpaired) electrons. The molecule has 0 unspecified atom stereocenters. The van der Waals surface area contributed by atoms with Crippen molar-refractivity contribution in [3.05, 3.63) is 23.8 Å². The van der Waals surface area contributed by atoms with Gasteiger partial charge in [-0.2, -0.15) is 0 Å². The Balaban J connectivity index is 2.92. The Morgan fingerprint density at radius 3 is 2.80 bits per heavy atom. The van der Waals surface area contributed by atoms with Crippen LogP contribution in [0.2, 0.25) is 0 Å². The maximum absolute atomic E-state index is 5.61. The first-order valence-electron chi connectivity index (χ1n) is 4.71. The molecule has 0 spiro atoms. The van der Waals surface area contributed by atoms with Crippen molar-refractivity contribution in [2.24, 2.45) is 5.73 Å². The molecule has 15 heavy (non-hydrogen) atoms. The second-order valence-corrected chi connectivity index (χ2v) is 2.87. The van der Waals surface area contributed by atoms with E-state index in [2.05, 4.69) is 11.8 Å². The van der Waals surface area contributed by atoms with Gasteiger partial charge in [-0.3, -0.25) is 0 Å². The molecule has 80 valence electrons. The van der Waals surface area contributed by atoms with Crippen LogP contribution >= 0.6 is 0 Å². The maximum atomic E-state index is 5.61. The molecule has 0 aliphatic rings. The zero-order chi connectivity index (χ0) is 11.1. The average Bonchev–Trinajstić information content (AvgIpc) is 2.29. The summed E-state index contributed by atoms with van der Waals surface area (Å²) in [5.41, 5.74) is 6.53. The van der Waals surface area contributed by atoms with Gasteiger partial charge in [0.25, 0.3) is 0 Å². The standard InChI is InChI=1S/C12H15NO2/c1-3-4-8-15-12-10(9-13)6-5-7-11(12)14-2/h5-7H,8-9,13H2,1-2H3. The summed E-state index contributed by atoms with van der Waals surface area (Å²) in [6, 6.07) is 5.64. The van der Waals surface area contributed by atoms with Crippen LogP contribution in [0, 0.1) is 11.8 Å². The van der Waals surface area contributed by atoms with E-state index in [-0.39, 0.29) is 0 Å². The van der Waals surface area contributed by atoms with Crippen LogP contribution in [0.15, 0.2) is 18.2 Å². The molecule has 1 aromatic carbocycles. The van der Waals surface area contributed by atoms with Crippen molar-refractivity contribution in [3.63, 3.8) is 0 Å². The average molecular weight is 205 g/mol. The highest BCUT2D eigenvalue weighted by Crippen LogP contribution is 2.30. The van der Waals surface area contributed by atoms with Crippen molar-refractivity contribution >= 4 is 0 Å². The van der Waals surface area contributed by atoms with E-state index in [1.165, 1.54) is 0 Å². The Morgan fingerprint density at radius 2 is 2.20 bits per heavy atom. The van der Waals surface area contributed by atoms with Crippen molar-refractivity contribution in [2.75, 3.05) is 13.7 Å². The molecular formula is C12H15NO2. The van der Waals surface area contributed by atoms with Gasteiger partial charge in [-0.1, -0.05) is 18.1 Å². The fourth-order valence-corrected chi connectivity index (χ4v) is 1.23. The fraction of sp³-hybridized carbons (Fsp3) is 0.333. The third kappa shape index (κ3) is 2.90. The number of rotatable bonds is 4. The van der Waals surface area contributed by atoms with Gasteiger partial charge in [-0.25, -0.2) is 0 Å².